The van der Waals surface area contributed by atoms with Crippen LogP contribution in [0.1, 0.15) is 13.8 Å². The first-order valence-corrected chi connectivity index (χ1v) is 5.93. The Morgan fingerprint density at radius 2 is 2.43 bits per heavy atom. The van der Waals surface area contributed by atoms with Gasteiger partial charge in [-0.15, -0.1) is 0 Å². The number of nitrogens with zero attached hydrogens (tertiary/aromatic N) is 1. The van der Waals surface area contributed by atoms with Gasteiger partial charge in [0.2, 0.25) is 0 Å². The molecule has 3 nitrogen and oxygen atoms in total. The molecule has 1 atom stereocenters. The Kier molecular flexibility index (Phi) is 4.59. The summed E-state index contributed by atoms with van der Waals surface area (Å²) in [4.78, 5) is 3.94. The van der Waals surface area contributed by atoms with Crippen molar-refractivity contribution in [2.45, 2.75) is 19.9 Å². The van der Waals surface area contributed by atoms with Crippen LogP contribution in [-0.2, 0) is 0 Å². The predicted octanol–water partition coefficient (Wildman–Crippen LogP) is 2.22. The second-order valence-electron chi connectivity index (χ2n) is 3.17. The zero-order valence-corrected chi connectivity index (χ0v) is 9.47. The molecule has 3 N–H and O–H groups in total. The number of rotatable bonds is 5. The number of hydrogen-bond acceptors (Lipinski definition) is 4. The SMILES string of the molecule is CCSCC(C)Nc1ccnc(N)c1. The van der Waals surface area contributed by atoms with Gasteiger partial charge in [0.05, 0.1) is 0 Å². The van der Waals surface area contributed by atoms with Crippen LogP contribution in [0.3, 0.4) is 0 Å². The highest BCUT2D eigenvalue weighted by atomic mass is 32.2. The third kappa shape index (κ3) is 3.87. The Morgan fingerprint density at radius 3 is 3.07 bits per heavy atom. The van der Waals surface area contributed by atoms with Crippen LogP contribution in [-0.4, -0.2) is 22.5 Å². The van der Waals surface area contributed by atoms with Crippen LogP contribution in [0, 0.1) is 0 Å². The Hall–Kier alpha value is -0.900. The molecule has 0 saturated heterocycles. The summed E-state index contributed by atoms with van der Waals surface area (Å²) in [5.74, 6) is 2.83. The van der Waals surface area contributed by atoms with Crippen molar-refractivity contribution < 1.29 is 0 Å². The lowest BCUT2D eigenvalue weighted by atomic mass is 10.3. The Balaban J connectivity index is 2.43. The number of aromatic nitrogens is 1. The lowest BCUT2D eigenvalue weighted by Crippen LogP contribution is -2.18. The molecule has 78 valence electrons. The minimum absolute atomic E-state index is 0.460. The molecule has 0 aromatic carbocycles. The molecule has 0 aliphatic rings. The Morgan fingerprint density at radius 1 is 1.64 bits per heavy atom. The first-order chi connectivity index (χ1) is 6.72. The first kappa shape index (κ1) is 11.2. The molecular formula is C10H17N3S. The van der Waals surface area contributed by atoms with Crippen molar-refractivity contribution >= 4 is 23.3 Å². The van der Waals surface area contributed by atoms with E-state index in [0.717, 1.165) is 17.2 Å². The van der Waals surface area contributed by atoms with E-state index < -0.39 is 0 Å². The molecule has 14 heavy (non-hydrogen) atoms. The largest absolute Gasteiger partial charge is 0.384 e. The molecule has 1 aromatic heterocycles. The van der Waals surface area contributed by atoms with E-state index in [1.54, 1.807) is 6.20 Å². The fourth-order valence-electron chi connectivity index (χ4n) is 1.16. The van der Waals surface area contributed by atoms with Gasteiger partial charge in [0.25, 0.3) is 0 Å². The van der Waals surface area contributed by atoms with Gasteiger partial charge in [0.1, 0.15) is 5.82 Å². The maximum Gasteiger partial charge on any atom is 0.125 e. The van der Waals surface area contributed by atoms with Gasteiger partial charge in [-0.25, -0.2) is 4.98 Å². The zero-order valence-electron chi connectivity index (χ0n) is 8.66. The van der Waals surface area contributed by atoms with Crippen LogP contribution in [0.15, 0.2) is 18.3 Å². The van der Waals surface area contributed by atoms with Crippen LogP contribution >= 0.6 is 11.8 Å². The van der Waals surface area contributed by atoms with Crippen LogP contribution in [0.5, 0.6) is 0 Å². The Labute approximate surface area is 89.5 Å². The van der Waals surface area contributed by atoms with E-state index in [0.29, 0.717) is 11.9 Å². The van der Waals surface area contributed by atoms with Gasteiger partial charge in [0.15, 0.2) is 0 Å². The summed E-state index contributed by atoms with van der Waals surface area (Å²) in [6, 6.07) is 4.25. The lowest BCUT2D eigenvalue weighted by Gasteiger charge is -2.14. The molecule has 4 heteroatoms. The number of thioether (sulfide) groups is 1. The highest BCUT2D eigenvalue weighted by molar-refractivity contribution is 7.99. The molecule has 1 unspecified atom stereocenters. The summed E-state index contributed by atoms with van der Waals surface area (Å²) < 4.78 is 0. The highest BCUT2D eigenvalue weighted by Crippen LogP contribution is 2.12. The summed E-state index contributed by atoms with van der Waals surface area (Å²) in [5, 5.41) is 3.38. The molecule has 1 heterocycles. The maximum absolute atomic E-state index is 5.58. The molecule has 0 spiro atoms. The van der Waals surface area contributed by atoms with Gasteiger partial charge in [0, 0.05) is 29.7 Å². The topological polar surface area (TPSA) is 50.9 Å². The van der Waals surface area contributed by atoms with Crippen molar-refractivity contribution in [3.8, 4) is 0 Å². The normalized spacial score (nSPS) is 12.4. The molecule has 0 aliphatic heterocycles. The number of nitrogens with one attached hydrogen (secondary N) is 1. The summed E-state index contributed by atoms with van der Waals surface area (Å²) in [5.41, 5.74) is 6.62. The second-order valence-corrected chi connectivity index (χ2v) is 4.49. The monoisotopic (exact) mass is 211 g/mol. The minimum Gasteiger partial charge on any atom is -0.384 e. The van der Waals surface area contributed by atoms with E-state index in [1.807, 2.05) is 23.9 Å². The van der Waals surface area contributed by atoms with Gasteiger partial charge >= 0.3 is 0 Å². The van der Waals surface area contributed by atoms with E-state index >= 15 is 0 Å². The summed E-state index contributed by atoms with van der Waals surface area (Å²) in [6.07, 6.45) is 1.72. The molecule has 1 rings (SSSR count). The van der Waals surface area contributed by atoms with Gasteiger partial charge in [-0.2, -0.15) is 11.8 Å². The second kappa shape index (κ2) is 5.75. The summed E-state index contributed by atoms with van der Waals surface area (Å²) in [7, 11) is 0. The molecule has 0 saturated carbocycles. The van der Waals surface area contributed by atoms with E-state index in [-0.39, 0.29) is 0 Å². The lowest BCUT2D eigenvalue weighted by molar-refractivity contribution is 0.912. The smallest absolute Gasteiger partial charge is 0.125 e. The van der Waals surface area contributed by atoms with Gasteiger partial charge in [-0.05, 0) is 18.7 Å². The maximum atomic E-state index is 5.58. The van der Waals surface area contributed by atoms with Gasteiger partial charge in [-0.1, -0.05) is 6.92 Å². The van der Waals surface area contributed by atoms with Crippen LogP contribution in [0.4, 0.5) is 11.5 Å². The van der Waals surface area contributed by atoms with Crippen LogP contribution in [0.2, 0.25) is 0 Å². The number of pyridine rings is 1. The molecule has 1 aromatic rings. The van der Waals surface area contributed by atoms with Gasteiger partial charge < -0.3 is 11.1 Å². The molecule has 0 radical (unpaired) electrons. The van der Waals surface area contributed by atoms with Crippen molar-refractivity contribution in [2.24, 2.45) is 0 Å². The van der Waals surface area contributed by atoms with Crippen molar-refractivity contribution in [2.75, 3.05) is 22.6 Å². The molecule has 0 aliphatic carbocycles. The number of nitrogens with two attached hydrogens (primary N) is 1. The van der Waals surface area contributed by atoms with E-state index in [1.165, 1.54) is 0 Å². The number of nitrogen functional groups attached to an aromatic ring is 1. The first-order valence-electron chi connectivity index (χ1n) is 4.78. The quantitative estimate of drug-likeness (QED) is 0.784. The molecule has 0 fully saturated rings. The standard InChI is InChI=1S/C10H17N3S/c1-3-14-7-8(2)13-9-4-5-12-10(11)6-9/h4-6,8H,3,7H2,1-2H3,(H3,11,12,13). The van der Waals surface area contributed by atoms with E-state index in [9.17, 15) is 0 Å². The average molecular weight is 211 g/mol. The Bertz CT molecular complexity index is 278. The number of hydrogen-bond donors (Lipinski definition) is 2. The van der Waals surface area contributed by atoms with Crippen molar-refractivity contribution in [3.63, 3.8) is 0 Å². The van der Waals surface area contributed by atoms with Crippen molar-refractivity contribution in [3.05, 3.63) is 18.3 Å². The number of anilines is 2. The van der Waals surface area contributed by atoms with E-state index in [2.05, 4.69) is 24.1 Å². The minimum atomic E-state index is 0.460. The zero-order chi connectivity index (χ0) is 10.4. The highest BCUT2D eigenvalue weighted by Gasteiger charge is 2.01. The van der Waals surface area contributed by atoms with Crippen molar-refractivity contribution in [1.29, 1.82) is 0 Å². The molecular weight excluding hydrogens is 194 g/mol. The average Bonchev–Trinajstić information content (AvgIpc) is 2.15. The fourth-order valence-corrected chi connectivity index (χ4v) is 1.83. The van der Waals surface area contributed by atoms with Crippen LogP contribution < -0.4 is 11.1 Å². The molecule has 0 amide bonds. The predicted molar refractivity (Wildman–Crippen MR) is 64.7 cm³/mol. The fraction of sp³-hybridized carbons (Fsp3) is 0.500. The summed E-state index contributed by atoms with van der Waals surface area (Å²) >= 11 is 1.93. The molecule has 0 bridgehead atoms. The third-order valence-corrected chi connectivity index (χ3v) is 2.91. The van der Waals surface area contributed by atoms with Crippen molar-refractivity contribution in [1.82, 2.24) is 4.98 Å². The van der Waals surface area contributed by atoms with E-state index in [4.69, 9.17) is 5.73 Å². The van der Waals surface area contributed by atoms with Gasteiger partial charge in [-0.3, -0.25) is 0 Å². The van der Waals surface area contributed by atoms with Crippen LogP contribution in [0.25, 0.3) is 0 Å². The third-order valence-electron chi connectivity index (χ3n) is 1.77. The summed E-state index contributed by atoms with van der Waals surface area (Å²) in [6.45, 7) is 4.33.